The summed E-state index contributed by atoms with van der Waals surface area (Å²) in [4.78, 5) is 0. The monoisotopic (exact) mass is 385 g/mol. The first kappa shape index (κ1) is 20.0. The van der Waals surface area contributed by atoms with Crippen LogP contribution < -0.4 is 5.32 Å². The van der Waals surface area contributed by atoms with Crippen molar-refractivity contribution < 1.29 is 13.6 Å². The number of hydrogen-bond donors (Lipinski definition) is 1. The summed E-state index contributed by atoms with van der Waals surface area (Å²) in [5.74, 6) is -0.520. The van der Waals surface area contributed by atoms with Crippen LogP contribution >= 0.6 is 7.60 Å². The molecule has 0 bridgehead atoms. The van der Waals surface area contributed by atoms with E-state index in [-0.39, 0.29) is 0 Å². The van der Waals surface area contributed by atoms with Gasteiger partial charge in [-0.25, -0.2) is 0 Å². The lowest BCUT2D eigenvalue weighted by molar-refractivity contribution is 0.208. The average molecular weight is 385 g/mol. The van der Waals surface area contributed by atoms with Gasteiger partial charge in [0.1, 0.15) is 5.78 Å². The molecule has 0 heterocycles. The van der Waals surface area contributed by atoms with Crippen molar-refractivity contribution >= 4 is 29.1 Å². The summed E-state index contributed by atoms with van der Waals surface area (Å²) in [5.41, 5.74) is 0.988. The Morgan fingerprint density at radius 3 is 1.89 bits per heavy atom. The van der Waals surface area contributed by atoms with Gasteiger partial charge >= 0.3 is 7.60 Å². The van der Waals surface area contributed by atoms with Crippen molar-refractivity contribution in [1.82, 2.24) is 5.32 Å². The molecule has 0 saturated heterocycles. The van der Waals surface area contributed by atoms with Crippen LogP contribution in [-0.2, 0) is 13.6 Å². The van der Waals surface area contributed by atoms with E-state index in [4.69, 9.17) is 9.05 Å². The molecule has 0 aliphatic carbocycles. The number of benzene rings is 3. The topological polar surface area (TPSA) is 47.6 Å². The molecule has 3 aromatic carbocycles. The molecular formula is C22H28NO3P. The lowest BCUT2D eigenvalue weighted by atomic mass is 9.96. The van der Waals surface area contributed by atoms with Crippen molar-refractivity contribution in [2.45, 2.75) is 33.0 Å². The molecule has 0 radical (unpaired) electrons. The summed E-state index contributed by atoms with van der Waals surface area (Å²) in [7, 11) is -3.40. The van der Waals surface area contributed by atoms with Crippen LogP contribution in [0.5, 0.6) is 0 Å². The molecule has 0 saturated carbocycles. The Labute approximate surface area is 161 Å². The van der Waals surface area contributed by atoms with Crippen molar-refractivity contribution in [2.24, 2.45) is 0 Å². The van der Waals surface area contributed by atoms with Crippen LogP contribution in [-0.4, -0.2) is 19.8 Å². The fourth-order valence-corrected chi connectivity index (χ4v) is 5.58. The summed E-state index contributed by atoms with van der Waals surface area (Å²) >= 11 is 0. The Balaban J connectivity index is 2.32. The van der Waals surface area contributed by atoms with Gasteiger partial charge in [0.05, 0.1) is 13.2 Å². The molecule has 4 nitrogen and oxygen atoms in total. The predicted octanol–water partition coefficient (Wildman–Crippen LogP) is 6.26. The van der Waals surface area contributed by atoms with Crippen LogP contribution in [0.3, 0.4) is 0 Å². The zero-order valence-corrected chi connectivity index (χ0v) is 17.2. The fraction of sp³-hybridized carbons (Fsp3) is 0.364. The quantitative estimate of drug-likeness (QED) is 0.349. The van der Waals surface area contributed by atoms with Gasteiger partial charge in [0.15, 0.2) is 0 Å². The van der Waals surface area contributed by atoms with Crippen molar-refractivity contribution in [3.05, 3.63) is 60.2 Å². The lowest BCUT2D eigenvalue weighted by Crippen LogP contribution is -2.25. The maximum atomic E-state index is 13.8. The smallest absolute Gasteiger partial charge is 0.308 e. The van der Waals surface area contributed by atoms with Crippen molar-refractivity contribution in [2.75, 3.05) is 19.8 Å². The predicted molar refractivity (Wildman–Crippen MR) is 113 cm³/mol. The molecule has 5 heteroatoms. The summed E-state index contributed by atoms with van der Waals surface area (Å²) in [5, 5.41) is 7.85. The molecule has 1 atom stereocenters. The van der Waals surface area contributed by atoms with E-state index < -0.39 is 13.4 Å². The normalized spacial score (nSPS) is 13.3. The molecule has 0 aliphatic rings. The molecule has 144 valence electrons. The van der Waals surface area contributed by atoms with Crippen molar-refractivity contribution in [3.8, 4) is 0 Å². The van der Waals surface area contributed by atoms with Gasteiger partial charge in [0.2, 0.25) is 0 Å². The van der Waals surface area contributed by atoms with E-state index in [0.29, 0.717) is 13.2 Å². The molecule has 3 aromatic rings. The van der Waals surface area contributed by atoms with E-state index in [9.17, 15) is 4.57 Å². The molecule has 3 rings (SSSR count). The Hall–Kier alpha value is -1.71. The molecule has 0 aliphatic heterocycles. The largest absolute Gasteiger partial charge is 0.351 e. The summed E-state index contributed by atoms with van der Waals surface area (Å²) in [6.45, 7) is 7.20. The van der Waals surface area contributed by atoms with Gasteiger partial charge in [-0.1, -0.05) is 55.5 Å². The molecule has 27 heavy (non-hydrogen) atoms. The van der Waals surface area contributed by atoms with Crippen LogP contribution in [0.15, 0.2) is 54.6 Å². The van der Waals surface area contributed by atoms with E-state index in [2.05, 4.69) is 42.6 Å². The Bertz CT molecular complexity index is 893. The molecule has 0 spiro atoms. The van der Waals surface area contributed by atoms with Gasteiger partial charge in [-0.3, -0.25) is 9.88 Å². The minimum atomic E-state index is -3.40. The maximum absolute atomic E-state index is 13.8. The zero-order chi connectivity index (χ0) is 19.3. The van der Waals surface area contributed by atoms with Gasteiger partial charge < -0.3 is 9.05 Å². The third kappa shape index (κ3) is 4.09. The maximum Gasteiger partial charge on any atom is 0.351 e. The second-order valence-corrected chi connectivity index (χ2v) is 8.58. The van der Waals surface area contributed by atoms with Crippen molar-refractivity contribution in [1.29, 1.82) is 0 Å². The third-order valence-corrected chi connectivity index (χ3v) is 6.92. The van der Waals surface area contributed by atoms with Gasteiger partial charge in [0, 0.05) is 0 Å². The minimum Gasteiger partial charge on any atom is -0.308 e. The highest BCUT2D eigenvalue weighted by Gasteiger charge is 2.38. The van der Waals surface area contributed by atoms with E-state index in [1.807, 2.05) is 38.1 Å². The number of fused-ring (bicyclic) bond motifs is 2. The second-order valence-electron chi connectivity index (χ2n) is 6.46. The van der Waals surface area contributed by atoms with Gasteiger partial charge in [0.25, 0.3) is 0 Å². The van der Waals surface area contributed by atoms with E-state index in [1.165, 1.54) is 0 Å². The first-order chi connectivity index (χ1) is 13.1. The Morgan fingerprint density at radius 1 is 0.889 bits per heavy atom. The molecule has 0 fully saturated rings. The first-order valence-corrected chi connectivity index (χ1v) is 11.3. The molecule has 1 N–H and O–H groups in total. The highest BCUT2D eigenvalue weighted by Crippen LogP contribution is 2.61. The summed E-state index contributed by atoms with van der Waals surface area (Å²) in [6, 6.07) is 18.6. The summed E-state index contributed by atoms with van der Waals surface area (Å²) < 4.78 is 25.3. The van der Waals surface area contributed by atoms with Gasteiger partial charge in [-0.2, -0.15) is 0 Å². The highest BCUT2D eigenvalue weighted by atomic mass is 31.2. The molecule has 0 amide bonds. The van der Waals surface area contributed by atoms with Crippen LogP contribution in [0.2, 0.25) is 0 Å². The average Bonchev–Trinajstić information content (AvgIpc) is 2.67. The number of rotatable bonds is 9. The SMILES string of the molecule is CCCNC(c1c2ccccc2cc2ccccc12)P(=O)(OCC)OCC. The van der Waals surface area contributed by atoms with Crippen molar-refractivity contribution in [3.63, 3.8) is 0 Å². The molecule has 0 aromatic heterocycles. The second kappa shape index (κ2) is 8.99. The zero-order valence-electron chi connectivity index (χ0n) is 16.3. The summed E-state index contributed by atoms with van der Waals surface area (Å²) in [6.07, 6.45) is 0.928. The van der Waals surface area contributed by atoms with Gasteiger partial charge in [-0.15, -0.1) is 0 Å². The standard InChI is InChI=1S/C22H28NO3P/c1-4-15-23-22(27(24,25-5-2)26-6-3)21-19-13-9-7-11-17(19)16-18-12-8-10-14-20(18)21/h7-14,16,22-23H,4-6,15H2,1-3H3. The Morgan fingerprint density at radius 2 is 1.41 bits per heavy atom. The lowest BCUT2D eigenvalue weighted by Gasteiger charge is -2.29. The van der Waals surface area contributed by atoms with Crippen LogP contribution in [0.1, 0.15) is 38.5 Å². The van der Waals surface area contributed by atoms with E-state index >= 15 is 0 Å². The molecule has 1 unspecified atom stereocenters. The number of hydrogen-bond acceptors (Lipinski definition) is 4. The highest BCUT2D eigenvalue weighted by molar-refractivity contribution is 7.54. The Kier molecular flexibility index (Phi) is 6.67. The van der Waals surface area contributed by atoms with Crippen LogP contribution in [0.25, 0.3) is 21.5 Å². The third-order valence-electron chi connectivity index (χ3n) is 4.61. The van der Waals surface area contributed by atoms with Crippen LogP contribution in [0.4, 0.5) is 0 Å². The first-order valence-electron chi connectivity index (χ1n) is 9.67. The van der Waals surface area contributed by atoms with Gasteiger partial charge in [-0.05, 0) is 60.0 Å². The van der Waals surface area contributed by atoms with E-state index in [1.54, 1.807) is 0 Å². The minimum absolute atomic E-state index is 0.338. The van der Waals surface area contributed by atoms with Crippen LogP contribution in [0, 0.1) is 0 Å². The van der Waals surface area contributed by atoms with E-state index in [0.717, 1.165) is 40.1 Å². The fourth-order valence-electron chi connectivity index (χ4n) is 3.54. The molecular weight excluding hydrogens is 357 g/mol. The number of nitrogens with one attached hydrogen (secondary N) is 1.